The fourth-order valence-corrected chi connectivity index (χ4v) is 4.01. The van der Waals surface area contributed by atoms with Crippen LogP contribution in [0.2, 0.25) is 0 Å². The first kappa shape index (κ1) is 24.6. The molecule has 0 bridgehead atoms. The van der Waals surface area contributed by atoms with Crippen molar-refractivity contribution in [3.8, 4) is 11.5 Å². The average molecular weight is 482 g/mol. The predicted octanol–water partition coefficient (Wildman–Crippen LogP) is 3.76. The Kier molecular flexibility index (Phi) is 7.62. The standard InChI is InChI=1S/C22H28FN3O6S/c1-14(2)31-22(27)26-11-8-15(9-12-26)32-19-7-10-24-21(20(19)30-3)25-18-6-5-16(13-17(18)23)33(4,28)29/h5-7,10,13-15H,8-9,11-12H2,1-4H3,(H,24,25). The van der Waals surface area contributed by atoms with Crippen LogP contribution in [0.5, 0.6) is 11.5 Å². The number of carbonyl (C=O) groups is 1. The summed E-state index contributed by atoms with van der Waals surface area (Å²) in [5, 5.41) is 2.83. The first-order valence-corrected chi connectivity index (χ1v) is 12.4. The highest BCUT2D eigenvalue weighted by Crippen LogP contribution is 2.37. The van der Waals surface area contributed by atoms with Crippen molar-refractivity contribution >= 4 is 27.4 Å². The molecule has 9 nitrogen and oxygen atoms in total. The second-order valence-electron chi connectivity index (χ2n) is 7.97. The van der Waals surface area contributed by atoms with E-state index in [1.54, 1.807) is 24.8 Å². The Balaban J connectivity index is 1.71. The minimum atomic E-state index is -3.53. The summed E-state index contributed by atoms with van der Waals surface area (Å²) in [6, 6.07) is 5.23. The normalized spacial score (nSPS) is 14.8. The molecule has 33 heavy (non-hydrogen) atoms. The number of piperidine rings is 1. The Labute approximate surface area is 192 Å². The zero-order chi connectivity index (χ0) is 24.2. The van der Waals surface area contributed by atoms with Crippen molar-refractivity contribution in [1.29, 1.82) is 0 Å². The van der Waals surface area contributed by atoms with Gasteiger partial charge in [0.25, 0.3) is 0 Å². The molecule has 0 atom stereocenters. The van der Waals surface area contributed by atoms with E-state index in [4.69, 9.17) is 14.2 Å². The van der Waals surface area contributed by atoms with Crippen LogP contribution in [0.15, 0.2) is 35.4 Å². The van der Waals surface area contributed by atoms with Crippen LogP contribution in [0.3, 0.4) is 0 Å². The third-order valence-electron chi connectivity index (χ3n) is 5.02. The highest BCUT2D eigenvalue weighted by atomic mass is 32.2. The van der Waals surface area contributed by atoms with E-state index in [0.717, 1.165) is 12.3 Å². The van der Waals surface area contributed by atoms with E-state index in [2.05, 4.69) is 10.3 Å². The van der Waals surface area contributed by atoms with Crippen molar-refractivity contribution in [1.82, 2.24) is 9.88 Å². The lowest BCUT2D eigenvalue weighted by atomic mass is 10.1. The van der Waals surface area contributed by atoms with Crippen molar-refractivity contribution in [2.24, 2.45) is 0 Å². The zero-order valence-corrected chi connectivity index (χ0v) is 19.8. The van der Waals surface area contributed by atoms with Crippen LogP contribution in [0.1, 0.15) is 26.7 Å². The van der Waals surface area contributed by atoms with Crippen molar-refractivity contribution in [3.05, 3.63) is 36.3 Å². The number of ether oxygens (including phenoxy) is 3. The van der Waals surface area contributed by atoms with E-state index in [1.165, 1.54) is 25.4 Å². The van der Waals surface area contributed by atoms with E-state index >= 15 is 0 Å². The maximum atomic E-state index is 14.5. The number of nitrogens with zero attached hydrogens (tertiary/aromatic N) is 2. The number of amides is 1. The molecule has 0 aliphatic carbocycles. The molecule has 1 aliphatic heterocycles. The van der Waals surface area contributed by atoms with Gasteiger partial charge in [-0.15, -0.1) is 0 Å². The summed E-state index contributed by atoms with van der Waals surface area (Å²) in [6.07, 6.45) is 3.08. The van der Waals surface area contributed by atoms with Crippen molar-refractivity contribution in [2.45, 2.75) is 43.8 Å². The van der Waals surface area contributed by atoms with Gasteiger partial charge in [-0.2, -0.15) is 0 Å². The smallest absolute Gasteiger partial charge is 0.410 e. The van der Waals surface area contributed by atoms with Gasteiger partial charge in [0, 0.05) is 44.5 Å². The van der Waals surface area contributed by atoms with Gasteiger partial charge < -0.3 is 24.4 Å². The van der Waals surface area contributed by atoms with Gasteiger partial charge in [0.1, 0.15) is 11.9 Å². The number of hydrogen-bond donors (Lipinski definition) is 1. The van der Waals surface area contributed by atoms with Crippen LogP contribution in [0, 0.1) is 5.82 Å². The molecule has 1 aromatic carbocycles. The first-order valence-electron chi connectivity index (χ1n) is 10.5. The fraction of sp³-hybridized carbons (Fsp3) is 0.455. The molecule has 180 valence electrons. The van der Waals surface area contributed by atoms with Gasteiger partial charge in [-0.1, -0.05) is 0 Å². The number of rotatable bonds is 7. The number of halogens is 1. The third-order valence-corrected chi connectivity index (χ3v) is 6.13. The molecule has 2 heterocycles. The lowest BCUT2D eigenvalue weighted by Crippen LogP contribution is -2.42. The quantitative estimate of drug-likeness (QED) is 0.637. The largest absolute Gasteiger partial charge is 0.490 e. The number of pyridine rings is 1. The lowest BCUT2D eigenvalue weighted by molar-refractivity contribution is 0.0511. The summed E-state index contributed by atoms with van der Waals surface area (Å²) in [5.74, 6) is 0.185. The van der Waals surface area contributed by atoms with Crippen LogP contribution >= 0.6 is 0 Å². The molecular formula is C22H28FN3O6S. The topological polar surface area (TPSA) is 107 Å². The van der Waals surface area contributed by atoms with Crippen LogP contribution in [0.4, 0.5) is 20.7 Å². The molecule has 1 saturated heterocycles. The Bertz CT molecular complexity index is 1100. The molecule has 0 radical (unpaired) electrons. The number of hydrogen-bond acceptors (Lipinski definition) is 8. The number of methoxy groups -OCH3 is 1. The van der Waals surface area contributed by atoms with Gasteiger partial charge >= 0.3 is 6.09 Å². The number of sulfone groups is 1. The first-order chi connectivity index (χ1) is 15.6. The van der Waals surface area contributed by atoms with Crippen LogP contribution in [-0.2, 0) is 14.6 Å². The molecule has 1 aromatic heterocycles. The maximum absolute atomic E-state index is 14.5. The summed E-state index contributed by atoms with van der Waals surface area (Å²) in [4.78, 5) is 17.8. The minimum absolute atomic E-state index is 0.0438. The molecule has 3 rings (SSSR count). The predicted molar refractivity (Wildman–Crippen MR) is 120 cm³/mol. The van der Waals surface area contributed by atoms with Crippen molar-refractivity contribution < 1.29 is 31.8 Å². The number of nitrogens with one attached hydrogen (secondary N) is 1. The molecule has 1 N–H and O–H groups in total. The second-order valence-corrected chi connectivity index (χ2v) is 9.98. The molecule has 1 amide bonds. The van der Waals surface area contributed by atoms with E-state index in [0.29, 0.717) is 31.7 Å². The van der Waals surface area contributed by atoms with Gasteiger partial charge in [-0.25, -0.2) is 22.6 Å². The Morgan fingerprint density at radius 3 is 2.52 bits per heavy atom. The third kappa shape index (κ3) is 6.25. The van der Waals surface area contributed by atoms with Gasteiger partial charge in [0.2, 0.25) is 5.75 Å². The maximum Gasteiger partial charge on any atom is 0.410 e. The van der Waals surface area contributed by atoms with Gasteiger partial charge in [0.15, 0.2) is 21.4 Å². The number of likely N-dealkylation sites (tertiary alicyclic amines) is 1. The second kappa shape index (κ2) is 10.2. The van der Waals surface area contributed by atoms with Crippen molar-refractivity contribution in [2.75, 3.05) is 31.8 Å². The summed E-state index contributed by atoms with van der Waals surface area (Å²) in [7, 11) is -2.08. The summed E-state index contributed by atoms with van der Waals surface area (Å²) in [6.45, 7) is 4.63. The number of aromatic nitrogens is 1. The number of benzene rings is 1. The molecule has 1 fully saturated rings. The monoisotopic (exact) mass is 481 g/mol. The Morgan fingerprint density at radius 2 is 1.94 bits per heavy atom. The van der Waals surface area contributed by atoms with Crippen molar-refractivity contribution in [3.63, 3.8) is 0 Å². The van der Waals surface area contributed by atoms with E-state index in [9.17, 15) is 17.6 Å². The molecule has 0 saturated carbocycles. The molecule has 1 aliphatic rings. The van der Waals surface area contributed by atoms with Crippen LogP contribution in [-0.4, -0.2) is 63.1 Å². The van der Waals surface area contributed by atoms with E-state index in [-0.39, 0.29) is 40.5 Å². The van der Waals surface area contributed by atoms with Gasteiger partial charge in [-0.05, 0) is 32.0 Å². The number of anilines is 2. The van der Waals surface area contributed by atoms with Crippen LogP contribution in [0.25, 0.3) is 0 Å². The molecule has 11 heteroatoms. The fourth-order valence-electron chi connectivity index (χ4n) is 3.38. The summed E-state index contributed by atoms with van der Waals surface area (Å²) < 4.78 is 54.5. The van der Waals surface area contributed by atoms with Crippen LogP contribution < -0.4 is 14.8 Å². The molecule has 2 aromatic rings. The highest BCUT2D eigenvalue weighted by molar-refractivity contribution is 7.90. The van der Waals surface area contributed by atoms with E-state index in [1.807, 2.05) is 0 Å². The Hall–Kier alpha value is -3.08. The average Bonchev–Trinajstić information content (AvgIpc) is 2.74. The van der Waals surface area contributed by atoms with E-state index < -0.39 is 15.7 Å². The summed E-state index contributed by atoms with van der Waals surface area (Å²) in [5.41, 5.74) is 0.0438. The lowest BCUT2D eigenvalue weighted by Gasteiger charge is -2.32. The molecule has 0 spiro atoms. The highest BCUT2D eigenvalue weighted by Gasteiger charge is 2.26. The Morgan fingerprint density at radius 1 is 1.24 bits per heavy atom. The van der Waals surface area contributed by atoms with Gasteiger partial charge in [-0.3, -0.25) is 0 Å². The number of carbonyl (C=O) groups excluding carboxylic acids is 1. The summed E-state index contributed by atoms with van der Waals surface area (Å²) >= 11 is 0. The molecule has 0 unspecified atom stereocenters. The minimum Gasteiger partial charge on any atom is -0.490 e. The SMILES string of the molecule is COc1c(OC2CCN(C(=O)OC(C)C)CC2)ccnc1Nc1ccc(S(C)(=O)=O)cc1F. The van der Waals surface area contributed by atoms with Gasteiger partial charge in [0.05, 0.1) is 23.8 Å². The molecular weight excluding hydrogens is 453 g/mol. The zero-order valence-electron chi connectivity index (χ0n) is 19.0.